The number of rotatable bonds is 9. The van der Waals surface area contributed by atoms with Crippen LogP contribution in [0.1, 0.15) is 11.1 Å². The van der Waals surface area contributed by atoms with Gasteiger partial charge in [0.1, 0.15) is 13.2 Å². The molecule has 35 heavy (non-hydrogen) atoms. The molecule has 1 N–H and O–H groups in total. The Kier molecular flexibility index (Phi) is 8.19. The summed E-state index contributed by atoms with van der Waals surface area (Å²) < 4.78 is 6.72. The van der Waals surface area contributed by atoms with Crippen LogP contribution in [0.2, 0.25) is 10.2 Å². The molecule has 0 bridgehead atoms. The minimum absolute atomic E-state index is 0.0626. The molecule has 0 fully saturated rings. The first-order valence-electron chi connectivity index (χ1n) is 11.0. The molecule has 1 heterocycles. The molecule has 0 aliphatic rings. The summed E-state index contributed by atoms with van der Waals surface area (Å²) in [6, 6.07) is 25.9. The molecule has 1 aromatic heterocycles. The summed E-state index contributed by atoms with van der Waals surface area (Å²) >= 11 is 12.6. The summed E-state index contributed by atoms with van der Waals surface area (Å²) in [7, 11) is 0. The Morgan fingerprint density at radius 3 is 2.31 bits per heavy atom. The van der Waals surface area contributed by atoms with E-state index in [0.717, 1.165) is 11.1 Å². The zero-order valence-corrected chi connectivity index (χ0v) is 20.3. The van der Waals surface area contributed by atoms with Crippen molar-refractivity contribution in [2.75, 3.05) is 11.9 Å². The van der Waals surface area contributed by atoms with E-state index in [1.807, 2.05) is 66.7 Å². The predicted molar refractivity (Wildman–Crippen MR) is 139 cm³/mol. The van der Waals surface area contributed by atoms with Gasteiger partial charge in [-0.25, -0.2) is 4.98 Å². The van der Waals surface area contributed by atoms with Gasteiger partial charge >= 0.3 is 5.97 Å². The van der Waals surface area contributed by atoms with Crippen LogP contribution in [0.15, 0.2) is 89.7 Å². The number of nitrogens with one attached hydrogen (secondary N) is 1. The highest BCUT2D eigenvalue weighted by atomic mass is 35.5. The first kappa shape index (κ1) is 24.5. The first-order chi connectivity index (χ1) is 17.0. The SMILES string of the molecule is O=C(Cn1c(-c2ccccc2)c(Cl)nc(NCCc2cccc(Cl)c2)c1=O)OCc1ccccc1. The van der Waals surface area contributed by atoms with E-state index in [9.17, 15) is 9.59 Å². The van der Waals surface area contributed by atoms with Crippen molar-refractivity contribution in [2.45, 2.75) is 19.6 Å². The van der Waals surface area contributed by atoms with Crippen LogP contribution in [0.5, 0.6) is 0 Å². The summed E-state index contributed by atoms with van der Waals surface area (Å²) in [6.45, 7) is 0.238. The fourth-order valence-corrected chi connectivity index (χ4v) is 4.12. The van der Waals surface area contributed by atoms with E-state index in [1.165, 1.54) is 4.57 Å². The highest BCUT2D eigenvalue weighted by Crippen LogP contribution is 2.26. The molecule has 0 amide bonds. The van der Waals surface area contributed by atoms with Crippen LogP contribution in [0, 0.1) is 0 Å². The van der Waals surface area contributed by atoms with Crippen molar-refractivity contribution in [3.63, 3.8) is 0 Å². The Labute approximate surface area is 213 Å². The van der Waals surface area contributed by atoms with Crippen LogP contribution in [-0.4, -0.2) is 22.1 Å². The Hall–Kier alpha value is -3.61. The van der Waals surface area contributed by atoms with Crippen molar-refractivity contribution in [3.05, 3.63) is 117 Å². The van der Waals surface area contributed by atoms with E-state index < -0.39 is 11.5 Å². The van der Waals surface area contributed by atoms with Crippen LogP contribution in [0.4, 0.5) is 5.82 Å². The van der Waals surface area contributed by atoms with Crippen LogP contribution in [-0.2, 0) is 29.1 Å². The monoisotopic (exact) mass is 507 g/mol. The quantitative estimate of drug-likeness (QED) is 0.298. The van der Waals surface area contributed by atoms with Gasteiger partial charge in [0.15, 0.2) is 11.0 Å². The molecular weight excluding hydrogens is 485 g/mol. The number of esters is 1. The first-order valence-corrected chi connectivity index (χ1v) is 11.8. The minimum Gasteiger partial charge on any atom is -0.459 e. The van der Waals surface area contributed by atoms with Gasteiger partial charge in [0.2, 0.25) is 0 Å². The van der Waals surface area contributed by atoms with Gasteiger partial charge < -0.3 is 10.1 Å². The van der Waals surface area contributed by atoms with Gasteiger partial charge in [0.25, 0.3) is 5.56 Å². The van der Waals surface area contributed by atoms with Crippen molar-refractivity contribution < 1.29 is 9.53 Å². The van der Waals surface area contributed by atoms with Gasteiger partial charge in [0.05, 0.1) is 5.69 Å². The average molecular weight is 508 g/mol. The molecule has 0 saturated heterocycles. The molecule has 3 aromatic carbocycles. The zero-order valence-electron chi connectivity index (χ0n) is 18.8. The van der Waals surface area contributed by atoms with Gasteiger partial charge in [-0.2, -0.15) is 0 Å². The zero-order chi connectivity index (χ0) is 24.6. The van der Waals surface area contributed by atoms with E-state index in [2.05, 4.69) is 10.3 Å². The summed E-state index contributed by atoms with van der Waals surface area (Å²) in [4.78, 5) is 30.4. The van der Waals surface area contributed by atoms with Gasteiger partial charge in [-0.05, 0) is 29.7 Å². The molecule has 4 aromatic rings. The number of carbonyl (C=O) groups excluding carboxylic acids is 1. The number of carbonyl (C=O) groups is 1. The third kappa shape index (κ3) is 6.50. The van der Waals surface area contributed by atoms with Crippen molar-refractivity contribution in [1.82, 2.24) is 9.55 Å². The lowest BCUT2D eigenvalue weighted by Crippen LogP contribution is -2.30. The highest BCUT2D eigenvalue weighted by Gasteiger charge is 2.19. The molecule has 0 aliphatic heterocycles. The largest absolute Gasteiger partial charge is 0.459 e. The molecule has 0 unspecified atom stereocenters. The van der Waals surface area contributed by atoms with Crippen LogP contribution < -0.4 is 10.9 Å². The maximum Gasteiger partial charge on any atom is 0.326 e. The molecular formula is C27H23Cl2N3O3. The van der Waals surface area contributed by atoms with E-state index >= 15 is 0 Å². The number of aromatic nitrogens is 2. The highest BCUT2D eigenvalue weighted by molar-refractivity contribution is 6.32. The summed E-state index contributed by atoms with van der Waals surface area (Å²) in [5.41, 5.74) is 2.43. The smallest absolute Gasteiger partial charge is 0.326 e. The lowest BCUT2D eigenvalue weighted by molar-refractivity contribution is -0.145. The number of nitrogens with zero attached hydrogens (tertiary/aromatic N) is 2. The third-order valence-corrected chi connectivity index (χ3v) is 5.79. The number of hydrogen-bond acceptors (Lipinski definition) is 5. The molecule has 0 atom stereocenters. The normalized spacial score (nSPS) is 10.7. The molecule has 0 saturated carbocycles. The number of benzene rings is 3. The lowest BCUT2D eigenvalue weighted by Gasteiger charge is -2.16. The minimum atomic E-state index is -0.555. The molecule has 6 nitrogen and oxygen atoms in total. The van der Waals surface area contributed by atoms with Gasteiger partial charge in [-0.3, -0.25) is 14.2 Å². The molecule has 178 valence electrons. The molecule has 0 radical (unpaired) electrons. The van der Waals surface area contributed by atoms with Crippen molar-refractivity contribution in [1.29, 1.82) is 0 Å². The second-order valence-corrected chi connectivity index (χ2v) is 8.60. The average Bonchev–Trinajstić information content (AvgIpc) is 2.87. The van der Waals surface area contributed by atoms with Crippen molar-refractivity contribution in [2.24, 2.45) is 0 Å². The molecule has 4 rings (SSSR count). The van der Waals surface area contributed by atoms with Gasteiger partial charge in [-0.15, -0.1) is 0 Å². The van der Waals surface area contributed by atoms with Crippen LogP contribution >= 0.6 is 23.2 Å². The lowest BCUT2D eigenvalue weighted by atomic mass is 10.1. The molecule has 0 aliphatic carbocycles. The standard InChI is InChI=1S/C27H23Cl2N3O3/c28-22-13-7-10-19(16-22)14-15-30-26-27(34)32(17-23(33)35-18-20-8-3-1-4-9-20)24(25(29)31-26)21-11-5-2-6-12-21/h1-13,16H,14-15,17-18H2,(H,30,31). The Morgan fingerprint density at radius 2 is 1.60 bits per heavy atom. The summed E-state index contributed by atoms with van der Waals surface area (Å²) in [6.07, 6.45) is 0.624. The van der Waals surface area contributed by atoms with Gasteiger partial charge in [-0.1, -0.05) is 96.0 Å². The summed E-state index contributed by atoms with van der Waals surface area (Å²) in [5, 5.41) is 3.80. The Balaban J connectivity index is 1.58. The number of anilines is 1. The number of halogens is 2. The third-order valence-electron chi connectivity index (χ3n) is 5.30. The maximum atomic E-state index is 13.4. The molecule has 0 spiro atoms. The van der Waals surface area contributed by atoms with Crippen LogP contribution in [0.3, 0.4) is 0 Å². The number of hydrogen-bond donors (Lipinski definition) is 1. The van der Waals surface area contributed by atoms with E-state index in [0.29, 0.717) is 29.2 Å². The van der Waals surface area contributed by atoms with Gasteiger partial charge in [0, 0.05) is 17.1 Å². The number of ether oxygens (including phenoxy) is 1. The van der Waals surface area contributed by atoms with Crippen molar-refractivity contribution >= 4 is 35.0 Å². The second kappa shape index (κ2) is 11.7. The Morgan fingerprint density at radius 1 is 0.914 bits per heavy atom. The maximum absolute atomic E-state index is 13.4. The topological polar surface area (TPSA) is 73.2 Å². The van der Waals surface area contributed by atoms with E-state index in [1.54, 1.807) is 18.2 Å². The van der Waals surface area contributed by atoms with E-state index in [4.69, 9.17) is 27.9 Å². The summed E-state index contributed by atoms with van der Waals surface area (Å²) in [5.74, 6) is -0.493. The van der Waals surface area contributed by atoms with Crippen molar-refractivity contribution in [3.8, 4) is 11.3 Å². The second-order valence-electron chi connectivity index (χ2n) is 7.81. The predicted octanol–water partition coefficient (Wildman–Crippen LogP) is 5.62. The Bertz CT molecular complexity index is 1360. The molecule has 8 heteroatoms. The van der Waals surface area contributed by atoms with Crippen LogP contribution in [0.25, 0.3) is 11.3 Å². The van der Waals surface area contributed by atoms with E-state index in [-0.39, 0.29) is 24.1 Å². The fraction of sp³-hybridized carbons (Fsp3) is 0.148. The fourth-order valence-electron chi connectivity index (χ4n) is 3.61.